The summed E-state index contributed by atoms with van der Waals surface area (Å²) in [6.45, 7) is 3.88. The first kappa shape index (κ1) is 12.3. The predicted octanol–water partition coefficient (Wildman–Crippen LogP) is 3.13. The normalized spacial score (nSPS) is 11.1. The van der Waals surface area contributed by atoms with Crippen molar-refractivity contribution in [3.05, 3.63) is 46.2 Å². The van der Waals surface area contributed by atoms with Crippen LogP contribution >= 0.6 is 11.3 Å². The Morgan fingerprint density at radius 1 is 1.44 bits per heavy atom. The standard InChI is InChI=1S/C13H12N4S/c1-9-3-4-12(15-6-9)16-7-11(5-14)13-17-10(2)8-18-13/h3-4,6-8H,1-2H3,(H,15,16)/b11-7+. The molecule has 0 aromatic carbocycles. The quantitative estimate of drug-likeness (QED) is 0.857. The fourth-order valence-electron chi connectivity index (χ4n) is 1.32. The van der Waals surface area contributed by atoms with Gasteiger partial charge in [-0.2, -0.15) is 5.26 Å². The Kier molecular flexibility index (Phi) is 3.70. The number of nitrogens with one attached hydrogen (secondary N) is 1. The van der Waals surface area contributed by atoms with E-state index in [9.17, 15) is 0 Å². The largest absolute Gasteiger partial charge is 0.345 e. The first-order chi connectivity index (χ1) is 8.69. The van der Waals surface area contributed by atoms with Crippen LogP contribution in [0, 0.1) is 25.2 Å². The van der Waals surface area contributed by atoms with Crippen LogP contribution in [-0.2, 0) is 0 Å². The number of thiazole rings is 1. The zero-order chi connectivity index (χ0) is 13.0. The van der Waals surface area contributed by atoms with Gasteiger partial charge < -0.3 is 5.32 Å². The van der Waals surface area contributed by atoms with Gasteiger partial charge in [-0.05, 0) is 25.5 Å². The third-order valence-corrected chi connectivity index (χ3v) is 3.24. The van der Waals surface area contributed by atoms with E-state index in [4.69, 9.17) is 5.26 Å². The Hall–Kier alpha value is -2.19. The molecule has 0 atom stereocenters. The van der Waals surface area contributed by atoms with Crippen molar-refractivity contribution in [2.24, 2.45) is 0 Å². The Morgan fingerprint density at radius 3 is 2.83 bits per heavy atom. The lowest BCUT2D eigenvalue weighted by Crippen LogP contribution is -1.93. The third-order valence-electron chi connectivity index (χ3n) is 2.25. The van der Waals surface area contributed by atoms with E-state index in [1.807, 2.05) is 31.4 Å². The lowest BCUT2D eigenvalue weighted by molar-refractivity contribution is 1.24. The van der Waals surface area contributed by atoms with Gasteiger partial charge in [-0.3, -0.25) is 0 Å². The van der Waals surface area contributed by atoms with Gasteiger partial charge in [0.05, 0.1) is 0 Å². The fraction of sp³-hybridized carbons (Fsp3) is 0.154. The Morgan fingerprint density at radius 2 is 2.28 bits per heavy atom. The van der Waals surface area contributed by atoms with E-state index in [1.165, 1.54) is 11.3 Å². The second kappa shape index (κ2) is 5.43. The summed E-state index contributed by atoms with van der Waals surface area (Å²) < 4.78 is 0. The molecule has 2 heterocycles. The van der Waals surface area contributed by atoms with E-state index in [0.29, 0.717) is 11.4 Å². The minimum absolute atomic E-state index is 0.510. The topological polar surface area (TPSA) is 61.6 Å². The van der Waals surface area contributed by atoms with Crippen LogP contribution in [0.2, 0.25) is 0 Å². The smallest absolute Gasteiger partial charge is 0.135 e. The molecule has 0 aliphatic heterocycles. The van der Waals surface area contributed by atoms with Gasteiger partial charge >= 0.3 is 0 Å². The van der Waals surface area contributed by atoms with Crippen molar-refractivity contribution < 1.29 is 0 Å². The summed E-state index contributed by atoms with van der Waals surface area (Å²) in [6, 6.07) is 5.96. The summed E-state index contributed by atoms with van der Waals surface area (Å²) in [5, 5.41) is 14.7. The lowest BCUT2D eigenvalue weighted by atomic mass is 10.3. The highest BCUT2D eigenvalue weighted by Crippen LogP contribution is 2.18. The lowest BCUT2D eigenvalue weighted by Gasteiger charge is -2.00. The predicted molar refractivity (Wildman–Crippen MR) is 73.0 cm³/mol. The molecule has 90 valence electrons. The number of anilines is 1. The Labute approximate surface area is 110 Å². The highest BCUT2D eigenvalue weighted by molar-refractivity contribution is 7.10. The molecule has 2 aromatic heterocycles. The van der Waals surface area contributed by atoms with Crippen molar-refractivity contribution in [2.75, 3.05) is 5.32 Å². The van der Waals surface area contributed by atoms with Gasteiger partial charge in [0.2, 0.25) is 0 Å². The van der Waals surface area contributed by atoms with Crippen LogP contribution in [0.4, 0.5) is 5.82 Å². The maximum atomic E-state index is 9.10. The summed E-state index contributed by atoms with van der Waals surface area (Å²) in [4.78, 5) is 8.48. The van der Waals surface area contributed by atoms with Gasteiger partial charge in [-0.1, -0.05) is 6.07 Å². The highest BCUT2D eigenvalue weighted by Gasteiger charge is 2.04. The number of hydrogen-bond acceptors (Lipinski definition) is 5. The number of nitrogens with zero attached hydrogens (tertiary/aromatic N) is 3. The van der Waals surface area contributed by atoms with E-state index in [-0.39, 0.29) is 0 Å². The second-order valence-corrected chi connectivity index (χ2v) is 4.69. The number of rotatable bonds is 3. The molecule has 2 rings (SSSR count). The third kappa shape index (κ3) is 2.93. The van der Waals surface area contributed by atoms with E-state index >= 15 is 0 Å². The van der Waals surface area contributed by atoms with Crippen molar-refractivity contribution in [1.29, 1.82) is 5.26 Å². The van der Waals surface area contributed by atoms with E-state index < -0.39 is 0 Å². The molecule has 2 aromatic rings. The van der Waals surface area contributed by atoms with Crippen LogP contribution in [0.25, 0.3) is 5.57 Å². The number of aromatic nitrogens is 2. The molecule has 0 unspecified atom stereocenters. The second-order valence-electron chi connectivity index (χ2n) is 3.83. The SMILES string of the molecule is Cc1ccc(N/C=C(\C#N)c2nc(C)cs2)nc1. The van der Waals surface area contributed by atoms with Gasteiger partial charge in [0, 0.05) is 23.5 Å². The molecule has 18 heavy (non-hydrogen) atoms. The molecule has 0 spiro atoms. The van der Waals surface area contributed by atoms with Gasteiger partial charge in [-0.15, -0.1) is 11.3 Å². The monoisotopic (exact) mass is 256 g/mol. The molecule has 4 nitrogen and oxygen atoms in total. The molecule has 0 bridgehead atoms. The molecule has 1 N–H and O–H groups in total. The number of hydrogen-bond donors (Lipinski definition) is 1. The van der Waals surface area contributed by atoms with E-state index in [0.717, 1.165) is 16.3 Å². The first-order valence-corrected chi connectivity index (χ1v) is 6.29. The van der Waals surface area contributed by atoms with Crippen LogP contribution in [0.3, 0.4) is 0 Å². The van der Waals surface area contributed by atoms with E-state index in [1.54, 1.807) is 12.4 Å². The molecule has 0 saturated carbocycles. The minimum Gasteiger partial charge on any atom is -0.345 e. The molecule has 0 aliphatic carbocycles. The number of aryl methyl sites for hydroxylation is 2. The average molecular weight is 256 g/mol. The summed E-state index contributed by atoms with van der Waals surface area (Å²) >= 11 is 1.46. The number of allylic oxidation sites excluding steroid dienone is 1. The zero-order valence-corrected chi connectivity index (χ0v) is 11.0. The van der Waals surface area contributed by atoms with Crippen LogP contribution in [-0.4, -0.2) is 9.97 Å². The molecular weight excluding hydrogens is 244 g/mol. The summed E-state index contributed by atoms with van der Waals surface area (Å²) in [7, 11) is 0. The fourth-order valence-corrected chi connectivity index (χ4v) is 2.08. The van der Waals surface area contributed by atoms with Gasteiger partial charge in [0.25, 0.3) is 0 Å². The Balaban J connectivity index is 2.16. The van der Waals surface area contributed by atoms with Crippen LogP contribution in [0.1, 0.15) is 16.3 Å². The molecular formula is C13H12N4S. The highest BCUT2D eigenvalue weighted by atomic mass is 32.1. The van der Waals surface area contributed by atoms with Gasteiger partial charge in [-0.25, -0.2) is 9.97 Å². The molecule has 0 fully saturated rings. The average Bonchev–Trinajstić information content (AvgIpc) is 2.79. The maximum absolute atomic E-state index is 9.10. The molecule has 0 saturated heterocycles. The summed E-state index contributed by atoms with van der Waals surface area (Å²) in [5.41, 5.74) is 2.53. The first-order valence-electron chi connectivity index (χ1n) is 5.41. The van der Waals surface area contributed by atoms with Crippen LogP contribution in [0.5, 0.6) is 0 Å². The molecule has 0 amide bonds. The molecule has 5 heteroatoms. The number of nitriles is 1. The van der Waals surface area contributed by atoms with Crippen molar-refractivity contribution in [3.8, 4) is 6.07 Å². The van der Waals surface area contributed by atoms with Crippen molar-refractivity contribution in [1.82, 2.24) is 9.97 Å². The summed E-state index contributed by atoms with van der Waals surface area (Å²) in [5.74, 6) is 0.710. The van der Waals surface area contributed by atoms with E-state index in [2.05, 4.69) is 21.4 Å². The zero-order valence-electron chi connectivity index (χ0n) is 10.1. The van der Waals surface area contributed by atoms with Gasteiger partial charge in [0.1, 0.15) is 22.5 Å². The van der Waals surface area contributed by atoms with Crippen LogP contribution in [0.15, 0.2) is 29.9 Å². The number of pyridine rings is 1. The maximum Gasteiger partial charge on any atom is 0.135 e. The Bertz CT molecular complexity index is 605. The van der Waals surface area contributed by atoms with Crippen molar-refractivity contribution >= 4 is 22.7 Å². The molecule has 0 aliphatic rings. The van der Waals surface area contributed by atoms with Crippen molar-refractivity contribution in [2.45, 2.75) is 13.8 Å². The van der Waals surface area contributed by atoms with Crippen molar-refractivity contribution in [3.63, 3.8) is 0 Å². The summed E-state index contributed by atoms with van der Waals surface area (Å²) in [6.07, 6.45) is 3.41. The molecule has 0 radical (unpaired) electrons. The van der Waals surface area contributed by atoms with Gasteiger partial charge in [0.15, 0.2) is 0 Å². The van der Waals surface area contributed by atoms with Crippen LogP contribution < -0.4 is 5.32 Å². The minimum atomic E-state index is 0.510.